The molecule has 0 spiro atoms. The smallest absolute Gasteiger partial charge is 0.449 e. The Labute approximate surface area is 210 Å². The zero-order chi connectivity index (χ0) is 26.7. The monoisotopic (exact) mass is 508 g/mol. The van der Waals surface area contributed by atoms with Crippen molar-refractivity contribution in [2.24, 2.45) is 0 Å². The summed E-state index contributed by atoms with van der Waals surface area (Å²) in [5.41, 5.74) is 1.28. The molecule has 1 heterocycles. The second-order valence-electron chi connectivity index (χ2n) is 8.74. The van der Waals surface area contributed by atoms with Crippen molar-refractivity contribution in [3.8, 4) is 17.2 Å². The molecule has 0 aliphatic carbocycles. The Kier molecular flexibility index (Phi) is 7.20. The van der Waals surface area contributed by atoms with Crippen molar-refractivity contribution in [3.63, 3.8) is 0 Å². The SMILES string of the molecule is Cc1cccc(Oc2c(C(F)(F)F)oc3cc(OC(=O)C=Cc4ccc(C(C)C)cc4)ccc3c2=O)c1. The highest BCUT2D eigenvalue weighted by atomic mass is 19.4. The van der Waals surface area contributed by atoms with Crippen molar-refractivity contribution in [1.82, 2.24) is 0 Å². The highest BCUT2D eigenvalue weighted by Gasteiger charge is 2.40. The first kappa shape index (κ1) is 25.8. The normalized spacial score (nSPS) is 11.9. The molecule has 0 radical (unpaired) electrons. The molecule has 0 N–H and O–H groups in total. The third-order valence-electron chi connectivity index (χ3n) is 5.52. The van der Waals surface area contributed by atoms with Crippen LogP contribution in [0.15, 0.2) is 82.0 Å². The van der Waals surface area contributed by atoms with Crippen LogP contribution in [-0.4, -0.2) is 5.97 Å². The van der Waals surface area contributed by atoms with Crippen LogP contribution in [0.25, 0.3) is 17.0 Å². The van der Waals surface area contributed by atoms with Crippen LogP contribution in [0.1, 0.15) is 42.2 Å². The zero-order valence-corrected chi connectivity index (χ0v) is 20.3. The molecule has 0 atom stereocenters. The van der Waals surface area contributed by atoms with Gasteiger partial charge in [-0.05, 0) is 59.9 Å². The lowest BCUT2D eigenvalue weighted by Gasteiger charge is -2.13. The molecule has 4 aromatic rings. The average molecular weight is 508 g/mol. The molecule has 0 unspecified atom stereocenters. The first-order valence-corrected chi connectivity index (χ1v) is 11.4. The number of ether oxygens (including phenoxy) is 2. The van der Waals surface area contributed by atoms with Gasteiger partial charge in [0.05, 0.1) is 5.39 Å². The van der Waals surface area contributed by atoms with Gasteiger partial charge in [0.2, 0.25) is 11.2 Å². The van der Waals surface area contributed by atoms with Crippen molar-refractivity contribution < 1.29 is 31.9 Å². The molecule has 1 aromatic heterocycles. The van der Waals surface area contributed by atoms with Crippen LogP contribution >= 0.6 is 0 Å². The van der Waals surface area contributed by atoms with Crippen molar-refractivity contribution in [1.29, 1.82) is 0 Å². The predicted molar refractivity (Wildman–Crippen MR) is 134 cm³/mol. The molecule has 3 aromatic carbocycles. The summed E-state index contributed by atoms with van der Waals surface area (Å²) in [5, 5.41) is -0.156. The number of rotatable bonds is 6. The van der Waals surface area contributed by atoms with Gasteiger partial charge >= 0.3 is 12.1 Å². The Hall–Kier alpha value is -4.33. The summed E-state index contributed by atoms with van der Waals surface area (Å²) in [6.07, 6.45) is -2.25. The topological polar surface area (TPSA) is 65.7 Å². The van der Waals surface area contributed by atoms with Gasteiger partial charge in [-0.1, -0.05) is 50.2 Å². The van der Waals surface area contributed by atoms with E-state index in [9.17, 15) is 22.8 Å². The molecule has 5 nitrogen and oxygen atoms in total. The van der Waals surface area contributed by atoms with E-state index in [2.05, 4.69) is 13.8 Å². The second-order valence-corrected chi connectivity index (χ2v) is 8.74. The number of aryl methyl sites for hydroxylation is 1. The quantitative estimate of drug-likeness (QED) is 0.152. The molecule has 0 fully saturated rings. The van der Waals surface area contributed by atoms with Crippen molar-refractivity contribution in [3.05, 3.63) is 105 Å². The molecular weight excluding hydrogens is 485 g/mol. The number of fused-ring (bicyclic) bond motifs is 1. The summed E-state index contributed by atoms with van der Waals surface area (Å²) >= 11 is 0. The van der Waals surface area contributed by atoms with Gasteiger partial charge in [-0.3, -0.25) is 4.79 Å². The Bertz CT molecular complexity index is 1530. The lowest BCUT2D eigenvalue weighted by molar-refractivity contribution is -0.154. The van der Waals surface area contributed by atoms with Crippen LogP contribution in [0.5, 0.6) is 17.2 Å². The van der Waals surface area contributed by atoms with Gasteiger partial charge in [0.1, 0.15) is 17.1 Å². The first-order chi connectivity index (χ1) is 17.5. The Morgan fingerprint density at radius 1 is 0.973 bits per heavy atom. The lowest BCUT2D eigenvalue weighted by atomic mass is 10.0. The van der Waals surface area contributed by atoms with E-state index >= 15 is 0 Å². The van der Waals surface area contributed by atoms with Gasteiger partial charge in [0.25, 0.3) is 5.76 Å². The molecule has 0 saturated carbocycles. The van der Waals surface area contributed by atoms with Crippen LogP contribution in [0.3, 0.4) is 0 Å². The Balaban J connectivity index is 1.61. The third-order valence-corrected chi connectivity index (χ3v) is 5.52. The van der Waals surface area contributed by atoms with E-state index in [0.717, 1.165) is 22.8 Å². The molecule has 4 rings (SSSR count). The van der Waals surface area contributed by atoms with E-state index in [1.807, 2.05) is 24.3 Å². The highest BCUT2D eigenvalue weighted by Crippen LogP contribution is 2.38. The van der Waals surface area contributed by atoms with Crippen LogP contribution in [0.4, 0.5) is 13.2 Å². The molecule has 190 valence electrons. The van der Waals surface area contributed by atoms with Crippen molar-refractivity contribution >= 4 is 23.0 Å². The summed E-state index contributed by atoms with van der Waals surface area (Å²) in [4.78, 5) is 25.2. The largest absolute Gasteiger partial charge is 0.453 e. The van der Waals surface area contributed by atoms with E-state index in [1.54, 1.807) is 25.1 Å². The summed E-state index contributed by atoms with van der Waals surface area (Å²) in [5.74, 6) is -2.94. The van der Waals surface area contributed by atoms with Gasteiger partial charge < -0.3 is 13.9 Å². The van der Waals surface area contributed by atoms with E-state index in [4.69, 9.17) is 13.9 Å². The fourth-order valence-corrected chi connectivity index (χ4v) is 3.60. The summed E-state index contributed by atoms with van der Waals surface area (Å²) in [6.45, 7) is 5.88. The molecule has 0 aliphatic heterocycles. The van der Waals surface area contributed by atoms with Gasteiger partial charge in [-0.25, -0.2) is 4.79 Å². The van der Waals surface area contributed by atoms with Crippen molar-refractivity contribution in [2.45, 2.75) is 32.9 Å². The van der Waals surface area contributed by atoms with Gasteiger partial charge in [0, 0.05) is 12.1 Å². The number of carbonyl (C=O) groups excluding carboxylic acids is 1. The molecule has 0 saturated heterocycles. The predicted octanol–water partition coefficient (Wildman–Crippen LogP) is 7.65. The number of esters is 1. The second kappa shape index (κ2) is 10.3. The van der Waals surface area contributed by atoms with Crippen LogP contribution in [0, 0.1) is 6.92 Å². The van der Waals surface area contributed by atoms with Gasteiger partial charge in [-0.2, -0.15) is 13.2 Å². The number of halogens is 3. The lowest BCUT2D eigenvalue weighted by Crippen LogP contribution is -2.15. The number of hydrogen-bond donors (Lipinski definition) is 0. The number of alkyl halides is 3. The zero-order valence-electron chi connectivity index (χ0n) is 20.3. The molecule has 0 aliphatic rings. The standard InChI is InChI=1S/C29H23F3O5/c1-17(2)20-10-7-19(8-11-20)9-14-25(33)35-22-12-13-23-24(16-22)37-28(29(30,31)32)27(26(23)34)36-21-6-4-5-18(3)15-21/h4-17H,1-3H3. The Morgan fingerprint density at radius 3 is 2.35 bits per heavy atom. The minimum absolute atomic E-state index is 0.0633. The first-order valence-electron chi connectivity index (χ1n) is 11.4. The maximum Gasteiger partial charge on any atom is 0.453 e. The summed E-state index contributed by atoms with van der Waals surface area (Å²) in [6, 6.07) is 17.5. The van der Waals surface area contributed by atoms with E-state index < -0.39 is 34.7 Å². The summed E-state index contributed by atoms with van der Waals surface area (Å²) in [7, 11) is 0. The van der Waals surface area contributed by atoms with E-state index in [0.29, 0.717) is 5.92 Å². The van der Waals surface area contributed by atoms with E-state index in [-0.39, 0.29) is 16.9 Å². The fourth-order valence-electron chi connectivity index (χ4n) is 3.60. The minimum Gasteiger partial charge on any atom is -0.449 e. The van der Waals surface area contributed by atoms with Gasteiger partial charge in [0.15, 0.2) is 0 Å². The van der Waals surface area contributed by atoms with Crippen LogP contribution in [-0.2, 0) is 11.0 Å². The fraction of sp³-hybridized carbons (Fsp3) is 0.172. The molecule has 0 bridgehead atoms. The number of benzene rings is 3. The average Bonchev–Trinajstić information content (AvgIpc) is 2.84. The molecule has 8 heteroatoms. The number of carbonyl (C=O) groups is 1. The van der Waals surface area contributed by atoms with Crippen LogP contribution < -0.4 is 14.9 Å². The maximum absolute atomic E-state index is 13.8. The number of hydrogen-bond acceptors (Lipinski definition) is 5. The third kappa shape index (κ3) is 6.09. The van der Waals surface area contributed by atoms with E-state index in [1.165, 1.54) is 30.3 Å². The van der Waals surface area contributed by atoms with Crippen molar-refractivity contribution in [2.75, 3.05) is 0 Å². The molecule has 37 heavy (non-hydrogen) atoms. The Morgan fingerprint density at radius 2 is 1.70 bits per heavy atom. The highest BCUT2D eigenvalue weighted by molar-refractivity contribution is 5.89. The maximum atomic E-state index is 13.8. The minimum atomic E-state index is -5.01. The molecular formula is C29H23F3O5. The van der Waals surface area contributed by atoms with Crippen LogP contribution in [0.2, 0.25) is 0 Å². The summed E-state index contributed by atoms with van der Waals surface area (Å²) < 4.78 is 56.9. The van der Waals surface area contributed by atoms with Gasteiger partial charge in [-0.15, -0.1) is 0 Å². The molecule has 0 amide bonds.